The molecule has 0 spiro atoms. The van der Waals surface area contributed by atoms with Gasteiger partial charge in [0.2, 0.25) is 0 Å². The van der Waals surface area contributed by atoms with Crippen molar-refractivity contribution in [3.05, 3.63) is 29.3 Å². The van der Waals surface area contributed by atoms with Crippen LogP contribution in [0.3, 0.4) is 0 Å². The molecule has 0 aliphatic rings. The van der Waals surface area contributed by atoms with Crippen LogP contribution in [0.2, 0.25) is 0 Å². The quantitative estimate of drug-likeness (QED) is 0.726. The number of benzene rings is 1. The molecule has 0 N–H and O–H groups in total. The molecule has 1 atom stereocenters. The number of rotatable bonds is 6. The molecule has 0 fully saturated rings. The lowest BCUT2D eigenvalue weighted by Gasteiger charge is -2.17. The molecular weight excluding hydrogens is 295 g/mol. The predicted octanol–water partition coefficient (Wildman–Crippen LogP) is 4.58. The van der Waals surface area contributed by atoms with Crippen LogP contribution in [0.15, 0.2) is 12.1 Å². The molecule has 2 aromatic rings. The highest BCUT2D eigenvalue weighted by atomic mass is 35.5. The van der Waals surface area contributed by atoms with Gasteiger partial charge in [0.05, 0.1) is 11.0 Å². The van der Waals surface area contributed by atoms with Crippen LogP contribution in [0.4, 0.5) is 4.39 Å². The molecule has 110 valence electrons. The number of hydrogen-bond donors (Lipinski definition) is 0. The van der Waals surface area contributed by atoms with Crippen molar-refractivity contribution in [2.45, 2.75) is 33.2 Å². The van der Waals surface area contributed by atoms with Gasteiger partial charge in [-0.2, -0.15) is 11.8 Å². The summed E-state index contributed by atoms with van der Waals surface area (Å²) >= 11 is 7.78. The van der Waals surface area contributed by atoms with Crippen LogP contribution >= 0.6 is 23.4 Å². The van der Waals surface area contributed by atoms with E-state index in [4.69, 9.17) is 11.6 Å². The molecule has 20 heavy (non-hydrogen) atoms. The maximum Gasteiger partial charge on any atom is 0.128 e. The topological polar surface area (TPSA) is 17.8 Å². The first kappa shape index (κ1) is 15.6. The van der Waals surface area contributed by atoms with E-state index in [9.17, 15) is 4.39 Å². The van der Waals surface area contributed by atoms with Crippen molar-refractivity contribution in [2.75, 3.05) is 17.4 Å². The van der Waals surface area contributed by atoms with E-state index < -0.39 is 0 Å². The monoisotopic (exact) mass is 314 g/mol. The number of aromatic nitrogens is 2. The van der Waals surface area contributed by atoms with Gasteiger partial charge < -0.3 is 4.57 Å². The Morgan fingerprint density at radius 3 is 2.85 bits per heavy atom. The van der Waals surface area contributed by atoms with Crippen LogP contribution in [-0.2, 0) is 6.42 Å². The fourth-order valence-corrected chi connectivity index (χ4v) is 3.28. The lowest BCUT2D eigenvalue weighted by molar-refractivity contribution is 0.596. The number of nitrogens with zero attached hydrogens (tertiary/aromatic N) is 2. The Morgan fingerprint density at radius 2 is 2.20 bits per heavy atom. The third-order valence-electron chi connectivity index (χ3n) is 3.36. The summed E-state index contributed by atoms with van der Waals surface area (Å²) in [6, 6.07) is 3.74. The van der Waals surface area contributed by atoms with Gasteiger partial charge in [0, 0.05) is 30.2 Å². The third-order valence-corrected chi connectivity index (χ3v) is 4.68. The van der Waals surface area contributed by atoms with Crippen LogP contribution in [0.25, 0.3) is 11.0 Å². The zero-order valence-electron chi connectivity index (χ0n) is 12.1. The zero-order valence-corrected chi connectivity index (χ0v) is 13.7. The second kappa shape index (κ2) is 6.81. The molecule has 0 aliphatic heterocycles. The molecule has 1 aromatic heterocycles. The second-order valence-corrected chi connectivity index (χ2v) is 6.63. The Kier molecular flexibility index (Phi) is 5.33. The van der Waals surface area contributed by atoms with Crippen molar-refractivity contribution in [3.63, 3.8) is 0 Å². The highest BCUT2D eigenvalue weighted by Gasteiger charge is 2.17. The summed E-state index contributed by atoms with van der Waals surface area (Å²) in [4.78, 5) is 4.56. The predicted molar refractivity (Wildman–Crippen MR) is 86.6 cm³/mol. The van der Waals surface area contributed by atoms with Crippen LogP contribution < -0.4 is 0 Å². The maximum atomic E-state index is 13.7. The zero-order chi connectivity index (χ0) is 14.7. The summed E-state index contributed by atoms with van der Waals surface area (Å²) in [6.45, 7) is 6.13. The summed E-state index contributed by atoms with van der Waals surface area (Å²) in [6.07, 6.45) is 0.706. The number of fused-ring (bicyclic) bond motifs is 1. The minimum atomic E-state index is -0.199. The third kappa shape index (κ3) is 3.12. The number of imidazole rings is 1. The van der Waals surface area contributed by atoms with Crippen molar-refractivity contribution in [1.82, 2.24) is 9.55 Å². The highest BCUT2D eigenvalue weighted by molar-refractivity contribution is 7.99. The van der Waals surface area contributed by atoms with E-state index in [-0.39, 0.29) is 5.82 Å². The standard InChI is InChI=1S/C15H20ClFN2S/c1-4-20-9-11(3)19-14-7-10(2)12(17)8-13(14)18-15(19)5-6-16/h7-8,11H,4-6,9H2,1-3H3. The van der Waals surface area contributed by atoms with Crippen molar-refractivity contribution in [3.8, 4) is 0 Å². The highest BCUT2D eigenvalue weighted by Crippen LogP contribution is 2.26. The molecule has 0 radical (unpaired) electrons. The van der Waals surface area contributed by atoms with Crippen molar-refractivity contribution in [2.24, 2.45) is 0 Å². The first-order valence-electron chi connectivity index (χ1n) is 6.89. The van der Waals surface area contributed by atoms with Gasteiger partial charge in [0.15, 0.2) is 0 Å². The summed E-state index contributed by atoms with van der Waals surface area (Å²) in [5.41, 5.74) is 2.39. The van der Waals surface area contributed by atoms with Crippen LogP contribution in [-0.4, -0.2) is 26.9 Å². The second-order valence-electron chi connectivity index (χ2n) is 4.94. The van der Waals surface area contributed by atoms with Crippen molar-refractivity contribution in [1.29, 1.82) is 0 Å². The van der Waals surface area contributed by atoms with E-state index in [2.05, 4.69) is 23.4 Å². The fraction of sp³-hybridized carbons (Fsp3) is 0.533. The normalized spacial score (nSPS) is 13.1. The van der Waals surface area contributed by atoms with Crippen LogP contribution in [0, 0.1) is 12.7 Å². The Morgan fingerprint density at radius 1 is 1.45 bits per heavy atom. The summed E-state index contributed by atoms with van der Waals surface area (Å²) in [5, 5.41) is 0. The molecule has 2 rings (SSSR count). The van der Waals surface area contributed by atoms with E-state index in [1.165, 1.54) is 6.07 Å². The summed E-state index contributed by atoms with van der Waals surface area (Å²) < 4.78 is 15.9. The Balaban J connectivity index is 2.52. The van der Waals surface area contributed by atoms with Gasteiger partial charge in [-0.3, -0.25) is 0 Å². The van der Waals surface area contributed by atoms with E-state index in [0.717, 1.165) is 28.4 Å². The minimum Gasteiger partial charge on any atom is -0.324 e. The molecule has 5 heteroatoms. The van der Waals surface area contributed by atoms with Gasteiger partial charge in [-0.15, -0.1) is 11.6 Å². The smallest absolute Gasteiger partial charge is 0.128 e. The number of alkyl halides is 1. The average molecular weight is 315 g/mol. The molecule has 0 amide bonds. The largest absolute Gasteiger partial charge is 0.324 e. The number of aryl methyl sites for hydroxylation is 2. The molecular formula is C15H20ClFN2S. The average Bonchev–Trinajstić information content (AvgIpc) is 2.74. The summed E-state index contributed by atoms with van der Waals surface area (Å²) in [7, 11) is 0. The van der Waals surface area contributed by atoms with E-state index in [1.807, 2.05) is 17.8 Å². The van der Waals surface area contributed by atoms with Gasteiger partial charge in [0.1, 0.15) is 11.6 Å². The van der Waals surface area contributed by atoms with Gasteiger partial charge in [-0.05, 0) is 31.2 Å². The van der Waals surface area contributed by atoms with Crippen LogP contribution in [0.5, 0.6) is 0 Å². The first-order chi connectivity index (χ1) is 9.58. The maximum absolute atomic E-state index is 13.7. The van der Waals surface area contributed by atoms with Crippen molar-refractivity contribution < 1.29 is 4.39 Å². The van der Waals surface area contributed by atoms with Crippen molar-refractivity contribution >= 4 is 34.4 Å². The van der Waals surface area contributed by atoms with E-state index in [1.54, 1.807) is 6.92 Å². The SMILES string of the molecule is CCSCC(C)n1c(CCCl)nc2cc(F)c(C)cc21. The van der Waals surface area contributed by atoms with E-state index >= 15 is 0 Å². The molecule has 0 saturated heterocycles. The lowest BCUT2D eigenvalue weighted by Crippen LogP contribution is -2.12. The number of hydrogen-bond acceptors (Lipinski definition) is 2. The van der Waals surface area contributed by atoms with Gasteiger partial charge in [-0.1, -0.05) is 6.92 Å². The Labute approximate surface area is 128 Å². The number of halogens is 2. The van der Waals surface area contributed by atoms with E-state index in [0.29, 0.717) is 23.9 Å². The Hall–Kier alpha value is -0.740. The molecule has 1 aromatic carbocycles. The van der Waals surface area contributed by atoms with Gasteiger partial charge in [-0.25, -0.2) is 9.37 Å². The molecule has 1 unspecified atom stereocenters. The molecule has 0 aliphatic carbocycles. The molecule has 0 bridgehead atoms. The molecule has 2 nitrogen and oxygen atoms in total. The minimum absolute atomic E-state index is 0.199. The first-order valence-corrected chi connectivity index (χ1v) is 8.58. The van der Waals surface area contributed by atoms with Crippen LogP contribution in [0.1, 0.15) is 31.3 Å². The lowest BCUT2D eigenvalue weighted by atomic mass is 10.2. The Bertz CT molecular complexity index is 597. The fourth-order valence-electron chi connectivity index (χ4n) is 2.39. The number of thioether (sulfide) groups is 1. The van der Waals surface area contributed by atoms with Gasteiger partial charge in [0.25, 0.3) is 0 Å². The molecule has 0 saturated carbocycles. The summed E-state index contributed by atoms with van der Waals surface area (Å²) in [5.74, 6) is 3.39. The molecule has 1 heterocycles. The van der Waals surface area contributed by atoms with Gasteiger partial charge >= 0.3 is 0 Å².